The molecule has 0 fully saturated rings. The molecule has 0 saturated heterocycles. The third-order valence-electron chi connectivity index (χ3n) is 4.47. The molecule has 3 rings (SSSR count). The number of ether oxygens (including phenoxy) is 1. The fourth-order valence-electron chi connectivity index (χ4n) is 3.17. The van der Waals surface area contributed by atoms with Crippen molar-refractivity contribution < 1.29 is 4.74 Å². The van der Waals surface area contributed by atoms with Gasteiger partial charge >= 0.3 is 0 Å². The number of hydrogen-bond acceptors (Lipinski definition) is 3. The Morgan fingerprint density at radius 3 is 2.74 bits per heavy atom. The van der Waals surface area contributed by atoms with Gasteiger partial charge in [-0.25, -0.2) is 0 Å². The zero-order chi connectivity index (χ0) is 16.2. The highest BCUT2D eigenvalue weighted by Gasteiger charge is 2.22. The van der Waals surface area contributed by atoms with Gasteiger partial charge in [-0.2, -0.15) is 0 Å². The minimum Gasteiger partial charge on any atom is -0.492 e. The van der Waals surface area contributed by atoms with E-state index in [1.807, 2.05) is 0 Å². The molecule has 1 aliphatic heterocycles. The first kappa shape index (κ1) is 16.0. The van der Waals surface area contributed by atoms with Gasteiger partial charge in [0.25, 0.3) is 0 Å². The largest absolute Gasteiger partial charge is 0.492 e. The lowest BCUT2D eigenvalue weighted by molar-refractivity contribution is 0.261. The van der Waals surface area contributed by atoms with Crippen molar-refractivity contribution in [2.45, 2.75) is 19.4 Å². The van der Waals surface area contributed by atoms with Gasteiger partial charge in [0.05, 0.1) is 6.04 Å². The summed E-state index contributed by atoms with van der Waals surface area (Å²) in [6, 6.07) is 15.5. The van der Waals surface area contributed by atoms with Gasteiger partial charge in [0.2, 0.25) is 0 Å². The maximum Gasteiger partial charge on any atom is 0.119 e. The van der Waals surface area contributed by atoms with Gasteiger partial charge in [0, 0.05) is 13.1 Å². The highest BCUT2D eigenvalue weighted by atomic mass is 16.5. The summed E-state index contributed by atoms with van der Waals surface area (Å²) < 4.78 is 5.89. The number of rotatable bonds is 5. The van der Waals surface area contributed by atoms with Gasteiger partial charge in [-0.3, -0.25) is 0 Å². The topological polar surface area (TPSA) is 24.5 Å². The summed E-state index contributed by atoms with van der Waals surface area (Å²) in [7, 11) is 4.13. The Hall–Kier alpha value is -1.84. The van der Waals surface area contributed by atoms with Crippen LogP contribution in [0.15, 0.2) is 42.5 Å². The van der Waals surface area contributed by atoms with Crippen LogP contribution in [0.4, 0.5) is 0 Å². The molecule has 3 nitrogen and oxygen atoms in total. The van der Waals surface area contributed by atoms with Crippen molar-refractivity contribution in [1.82, 2.24) is 10.2 Å². The van der Waals surface area contributed by atoms with E-state index in [0.717, 1.165) is 31.9 Å². The molecule has 2 aromatic carbocycles. The van der Waals surface area contributed by atoms with Crippen molar-refractivity contribution in [2.75, 3.05) is 33.8 Å². The predicted molar refractivity (Wildman–Crippen MR) is 95.2 cm³/mol. The number of benzene rings is 2. The van der Waals surface area contributed by atoms with Crippen LogP contribution >= 0.6 is 0 Å². The van der Waals surface area contributed by atoms with Crippen molar-refractivity contribution >= 4 is 0 Å². The molecule has 0 spiro atoms. The molecule has 1 heterocycles. The second-order valence-corrected chi connectivity index (χ2v) is 6.51. The number of aryl methyl sites for hydroxylation is 1. The Labute approximate surface area is 139 Å². The molecule has 0 bridgehead atoms. The molecular weight excluding hydrogens is 284 g/mol. The average molecular weight is 310 g/mol. The Balaban J connectivity index is 1.81. The van der Waals surface area contributed by atoms with Crippen LogP contribution in [0.1, 0.15) is 28.3 Å². The minimum atomic E-state index is 0.288. The van der Waals surface area contributed by atoms with Crippen LogP contribution in [-0.2, 0) is 6.42 Å². The Bertz CT molecular complexity index is 666. The van der Waals surface area contributed by atoms with E-state index in [-0.39, 0.29) is 6.04 Å². The molecule has 0 amide bonds. The summed E-state index contributed by atoms with van der Waals surface area (Å²) >= 11 is 0. The Morgan fingerprint density at radius 1 is 1.13 bits per heavy atom. The van der Waals surface area contributed by atoms with Gasteiger partial charge in [-0.15, -0.1) is 0 Å². The first-order valence-corrected chi connectivity index (χ1v) is 8.34. The van der Waals surface area contributed by atoms with Crippen molar-refractivity contribution in [2.24, 2.45) is 0 Å². The second-order valence-electron chi connectivity index (χ2n) is 6.51. The number of nitrogens with one attached hydrogen (secondary N) is 1. The molecule has 1 atom stereocenters. The molecule has 3 heteroatoms. The average Bonchev–Trinajstić information content (AvgIpc) is 2.54. The molecule has 0 aliphatic carbocycles. The van der Waals surface area contributed by atoms with Crippen LogP contribution < -0.4 is 10.1 Å². The lowest BCUT2D eigenvalue weighted by atomic mass is 9.88. The molecule has 1 N–H and O–H groups in total. The zero-order valence-electron chi connectivity index (χ0n) is 14.3. The zero-order valence-corrected chi connectivity index (χ0v) is 14.3. The molecule has 0 radical (unpaired) electrons. The number of likely N-dealkylation sites (N-methyl/N-ethyl adjacent to an activating group) is 1. The summed E-state index contributed by atoms with van der Waals surface area (Å²) in [5.41, 5.74) is 5.49. The van der Waals surface area contributed by atoms with E-state index in [4.69, 9.17) is 4.74 Å². The van der Waals surface area contributed by atoms with E-state index < -0.39 is 0 Å². The molecule has 0 saturated carbocycles. The van der Waals surface area contributed by atoms with Crippen LogP contribution in [0.5, 0.6) is 5.75 Å². The quantitative estimate of drug-likeness (QED) is 0.918. The third-order valence-corrected chi connectivity index (χ3v) is 4.47. The summed E-state index contributed by atoms with van der Waals surface area (Å²) in [4.78, 5) is 2.14. The van der Waals surface area contributed by atoms with Crippen molar-refractivity contribution in [1.29, 1.82) is 0 Å². The highest BCUT2D eigenvalue weighted by Crippen LogP contribution is 2.32. The van der Waals surface area contributed by atoms with E-state index in [2.05, 4.69) is 73.7 Å². The van der Waals surface area contributed by atoms with Gasteiger partial charge in [-0.1, -0.05) is 30.3 Å². The fourth-order valence-corrected chi connectivity index (χ4v) is 3.17. The molecule has 2 aromatic rings. The summed E-state index contributed by atoms with van der Waals surface area (Å²) in [5, 5.41) is 3.66. The first-order valence-electron chi connectivity index (χ1n) is 8.34. The number of hydrogen-bond donors (Lipinski definition) is 1. The monoisotopic (exact) mass is 310 g/mol. The standard InChI is InChI=1S/C20H26N2O/c1-15-6-4-5-7-18(15)20-19-9-8-17(23-13-12-22(2)3)14-16(19)10-11-21-20/h4-9,14,20-21H,10-13H2,1-3H3. The maximum absolute atomic E-state index is 5.89. The minimum absolute atomic E-state index is 0.288. The second kappa shape index (κ2) is 7.16. The van der Waals surface area contributed by atoms with Gasteiger partial charge in [-0.05, 0) is 61.8 Å². The van der Waals surface area contributed by atoms with E-state index >= 15 is 0 Å². The van der Waals surface area contributed by atoms with Crippen molar-refractivity contribution in [3.05, 3.63) is 64.7 Å². The molecule has 23 heavy (non-hydrogen) atoms. The molecule has 1 aliphatic rings. The fraction of sp³-hybridized carbons (Fsp3) is 0.400. The lowest BCUT2D eigenvalue weighted by Gasteiger charge is -2.29. The van der Waals surface area contributed by atoms with Crippen molar-refractivity contribution in [3.63, 3.8) is 0 Å². The van der Waals surface area contributed by atoms with Crippen LogP contribution in [0.25, 0.3) is 0 Å². The van der Waals surface area contributed by atoms with Crippen LogP contribution in [0.2, 0.25) is 0 Å². The van der Waals surface area contributed by atoms with E-state index in [1.54, 1.807) is 0 Å². The summed E-state index contributed by atoms with van der Waals surface area (Å²) in [6.45, 7) is 4.85. The van der Waals surface area contributed by atoms with Crippen LogP contribution in [0, 0.1) is 6.92 Å². The molecule has 1 unspecified atom stereocenters. The maximum atomic E-state index is 5.89. The molecular formula is C20H26N2O. The third kappa shape index (κ3) is 3.74. The Morgan fingerprint density at radius 2 is 1.96 bits per heavy atom. The summed E-state index contributed by atoms with van der Waals surface area (Å²) in [6.07, 6.45) is 1.06. The SMILES string of the molecule is Cc1ccccc1C1NCCc2cc(OCCN(C)C)ccc21. The Kier molecular flexibility index (Phi) is 4.99. The first-order chi connectivity index (χ1) is 11.1. The van der Waals surface area contributed by atoms with Crippen LogP contribution in [0.3, 0.4) is 0 Å². The van der Waals surface area contributed by atoms with Gasteiger partial charge < -0.3 is 15.0 Å². The number of nitrogens with zero attached hydrogens (tertiary/aromatic N) is 1. The van der Waals surface area contributed by atoms with E-state index in [0.29, 0.717) is 0 Å². The highest BCUT2D eigenvalue weighted by molar-refractivity contribution is 5.45. The molecule has 0 aromatic heterocycles. The smallest absolute Gasteiger partial charge is 0.119 e. The summed E-state index contributed by atoms with van der Waals surface area (Å²) in [5.74, 6) is 0.982. The van der Waals surface area contributed by atoms with Crippen LogP contribution in [-0.4, -0.2) is 38.7 Å². The molecule has 122 valence electrons. The number of fused-ring (bicyclic) bond motifs is 1. The normalized spacial score (nSPS) is 17.1. The lowest BCUT2D eigenvalue weighted by Crippen LogP contribution is -2.31. The van der Waals surface area contributed by atoms with Crippen molar-refractivity contribution in [3.8, 4) is 5.75 Å². The van der Waals surface area contributed by atoms with Gasteiger partial charge in [0.15, 0.2) is 0 Å². The van der Waals surface area contributed by atoms with E-state index in [9.17, 15) is 0 Å². The van der Waals surface area contributed by atoms with Gasteiger partial charge in [0.1, 0.15) is 12.4 Å². The van der Waals surface area contributed by atoms with E-state index in [1.165, 1.54) is 22.3 Å². The predicted octanol–water partition coefficient (Wildman–Crippen LogP) is 3.17.